The second kappa shape index (κ2) is 14.5. The average molecular weight is 492 g/mol. The van der Waals surface area contributed by atoms with Gasteiger partial charge >= 0.3 is 5.97 Å². The summed E-state index contributed by atoms with van der Waals surface area (Å²) in [6.07, 6.45) is 11.8. The van der Waals surface area contributed by atoms with Crippen LogP contribution in [0.25, 0.3) is 10.9 Å². The van der Waals surface area contributed by atoms with Crippen molar-refractivity contribution < 1.29 is 19.4 Å². The van der Waals surface area contributed by atoms with Crippen molar-refractivity contribution in [1.82, 2.24) is 4.57 Å². The number of ether oxygens (including phenoxy) is 1. The third-order valence-electron chi connectivity index (χ3n) is 6.88. The van der Waals surface area contributed by atoms with Crippen LogP contribution >= 0.6 is 0 Å². The summed E-state index contributed by atoms with van der Waals surface area (Å²) in [4.78, 5) is 24.1. The van der Waals surface area contributed by atoms with E-state index in [0.29, 0.717) is 25.3 Å². The van der Waals surface area contributed by atoms with Crippen molar-refractivity contribution in [2.24, 2.45) is 0 Å². The molecule has 36 heavy (non-hydrogen) atoms. The molecule has 3 aromatic rings. The van der Waals surface area contributed by atoms with Gasteiger partial charge in [0.15, 0.2) is 5.78 Å². The highest BCUT2D eigenvalue weighted by Crippen LogP contribution is 2.28. The molecule has 194 valence electrons. The summed E-state index contributed by atoms with van der Waals surface area (Å²) in [6.45, 7) is 5.37. The Morgan fingerprint density at radius 1 is 0.861 bits per heavy atom. The Labute approximate surface area is 215 Å². The lowest BCUT2D eigenvalue weighted by atomic mass is 10.0. The lowest BCUT2D eigenvalue weighted by Gasteiger charge is -2.11. The normalized spacial score (nSPS) is 11.2. The van der Waals surface area contributed by atoms with Gasteiger partial charge in [0.2, 0.25) is 0 Å². The molecule has 5 nitrogen and oxygen atoms in total. The van der Waals surface area contributed by atoms with Crippen molar-refractivity contribution in [2.45, 2.75) is 91.0 Å². The van der Waals surface area contributed by atoms with Gasteiger partial charge < -0.3 is 14.4 Å². The van der Waals surface area contributed by atoms with Crippen LogP contribution in [0.2, 0.25) is 0 Å². The van der Waals surface area contributed by atoms with Crippen molar-refractivity contribution in [3.05, 3.63) is 65.4 Å². The van der Waals surface area contributed by atoms with Gasteiger partial charge in [0.25, 0.3) is 0 Å². The maximum atomic E-state index is 13.2. The SMILES string of the molecule is CCCCCCCCCCCC(=O)c1c(C)n(CCOc2ccc(CC(=O)O)cc2)c2ccccc12. The number of para-hydroxylation sites is 1. The smallest absolute Gasteiger partial charge is 0.307 e. The van der Waals surface area contributed by atoms with Gasteiger partial charge in [-0.3, -0.25) is 9.59 Å². The van der Waals surface area contributed by atoms with E-state index >= 15 is 0 Å². The maximum Gasteiger partial charge on any atom is 0.307 e. The van der Waals surface area contributed by atoms with Gasteiger partial charge in [-0.1, -0.05) is 88.6 Å². The first-order valence-electron chi connectivity index (χ1n) is 13.6. The zero-order chi connectivity index (χ0) is 25.8. The fraction of sp³-hybridized carbons (Fsp3) is 0.484. The molecule has 0 bridgehead atoms. The highest BCUT2D eigenvalue weighted by Gasteiger charge is 2.19. The molecular formula is C31H41NO4. The number of unbranched alkanes of at least 4 members (excludes halogenated alkanes) is 8. The van der Waals surface area contributed by atoms with Gasteiger partial charge in [0.05, 0.1) is 13.0 Å². The number of carbonyl (C=O) groups is 2. The summed E-state index contributed by atoms with van der Waals surface area (Å²) >= 11 is 0. The van der Waals surface area contributed by atoms with Crippen LogP contribution in [0.3, 0.4) is 0 Å². The molecule has 1 N–H and O–H groups in total. The minimum Gasteiger partial charge on any atom is -0.492 e. The van der Waals surface area contributed by atoms with Gasteiger partial charge in [-0.15, -0.1) is 0 Å². The topological polar surface area (TPSA) is 68.5 Å². The minimum atomic E-state index is -0.846. The highest BCUT2D eigenvalue weighted by molar-refractivity contribution is 6.09. The summed E-state index contributed by atoms with van der Waals surface area (Å²) in [7, 11) is 0. The van der Waals surface area contributed by atoms with Crippen molar-refractivity contribution in [3.63, 3.8) is 0 Å². The number of hydrogen-bond donors (Lipinski definition) is 1. The number of carbonyl (C=O) groups excluding carboxylic acids is 1. The van der Waals surface area contributed by atoms with E-state index in [9.17, 15) is 9.59 Å². The predicted molar refractivity (Wildman–Crippen MR) is 146 cm³/mol. The summed E-state index contributed by atoms with van der Waals surface area (Å²) < 4.78 is 8.10. The van der Waals surface area contributed by atoms with E-state index in [-0.39, 0.29) is 12.2 Å². The summed E-state index contributed by atoms with van der Waals surface area (Å²) in [5.74, 6) is 0.0991. The Morgan fingerprint density at radius 3 is 2.17 bits per heavy atom. The largest absolute Gasteiger partial charge is 0.492 e. The Kier molecular flexibility index (Phi) is 11.1. The van der Waals surface area contributed by atoms with Crippen LogP contribution in [-0.2, 0) is 17.8 Å². The minimum absolute atomic E-state index is 0.00465. The number of nitrogens with zero attached hydrogens (tertiary/aromatic N) is 1. The van der Waals surface area contributed by atoms with Crippen LogP contribution in [0.5, 0.6) is 5.75 Å². The molecule has 0 atom stereocenters. The molecule has 2 aromatic carbocycles. The van der Waals surface area contributed by atoms with Crippen molar-refractivity contribution >= 4 is 22.7 Å². The molecule has 0 aliphatic heterocycles. The second-order valence-electron chi connectivity index (χ2n) is 9.69. The molecule has 5 heteroatoms. The number of ketones is 1. The zero-order valence-electron chi connectivity index (χ0n) is 21.9. The number of carboxylic acid groups (broad SMARTS) is 1. The molecule has 0 radical (unpaired) electrons. The van der Waals surface area contributed by atoms with Gasteiger partial charge in [-0.05, 0) is 37.1 Å². The van der Waals surface area contributed by atoms with Crippen LogP contribution in [-0.4, -0.2) is 28.0 Å². The van der Waals surface area contributed by atoms with E-state index in [2.05, 4.69) is 17.6 Å². The van der Waals surface area contributed by atoms with Crippen LogP contribution in [0, 0.1) is 6.92 Å². The fourth-order valence-corrected chi connectivity index (χ4v) is 4.93. The van der Waals surface area contributed by atoms with Gasteiger partial charge in [-0.2, -0.15) is 0 Å². The summed E-state index contributed by atoms with van der Waals surface area (Å²) in [5, 5.41) is 9.94. The van der Waals surface area contributed by atoms with E-state index in [4.69, 9.17) is 9.84 Å². The monoisotopic (exact) mass is 491 g/mol. The first kappa shape index (κ1) is 27.5. The van der Waals surface area contributed by atoms with Crippen molar-refractivity contribution in [1.29, 1.82) is 0 Å². The number of aliphatic carboxylic acids is 1. The molecule has 0 aliphatic rings. The lowest BCUT2D eigenvalue weighted by molar-refractivity contribution is -0.136. The molecule has 0 spiro atoms. The molecule has 0 amide bonds. The molecule has 1 aromatic heterocycles. The van der Waals surface area contributed by atoms with E-state index in [1.54, 1.807) is 24.3 Å². The maximum absolute atomic E-state index is 13.2. The summed E-state index contributed by atoms with van der Waals surface area (Å²) in [5.41, 5.74) is 3.66. The molecule has 0 saturated carbocycles. The molecule has 0 unspecified atom stereocenters. The van der Waals surface area contributed by atoms with Gasteiger partial charge in [0, 0.05) is 28.6 Å². The lowest BCUT2D eigenvalue weighted by Crippen LogP contribution is -2.10. The van der Waals surface area contributed by atoms with Gasteiger partial charge in [-0.25, -0.2) is 0 Å². The Bertz CT molecular complexity index is 1110. The van der Waals surface area contributed by atoms with Crippen LogP contribution in [0.4, 0.5) is 0 Å². The number of Topliss-reactive ketones (excluding diaryl/α,β-unsaturated/α-hetero) is 1. The van der Waals surface area contributed by atoms with Crippen molar-refractivity contribution in [2.75, 3.05) is 6.61 Å². The average Bonchev–Trinajstić information content (AvgIpc) is 3.15. The van der Waals surface area contributed by atoms with Crippen molar-refractivity contribution in [3.8, 4) is 5.75 Å². The van der Waals surface area contributed by atoms with Crippen LogP contribution in [0.15, 0.2) is 48.5 Å². The molecule has 0 fully saturated rings. The number of benzene rings is 2. The van der Waals surface area contributed by atoms with E-state index in [1.165, 1.54) is 44.9 Å². The summed E-state index contributed by atoms with van der Waals surface area (Å²) in [6, 6.07) is 15.3. The van der Waals surface area contributed by atoms with E-state index in [0.717, 1.165) is 40.6 Å². The van der Waals surface area contributed by atoms with Crippen LogP contribution < -0.4 is 4.74 Å². The fourth-order valence-electron chi connectivity index (χ4n) is 4.93. The number of aromatic nitrogens is 1. The third kappa shape index (κ3) is 7.97. The molecule has 3 rings (SSSR count). The number of carboxylic acids is 1. The molecule has 0 saturated heterocycles. The number of rotatable bonds is 17. The second-order valence-corrected chi connectivity index (χ2v) is 9.69. The third-order valence-corrected chi connectivity index (χ3v) is 6.88. The van der Waals surface area contributed by atoms with E-state index in [1.807, 2.05) is 25.1 Å². The highest BCUT2D eigenvalue weighted by atomic mass is 16.5. The Hall–Kier alpha value is -3.08. The van der Waals surface area contributed by atoms with Crippen LogP contribution in [0.1, 0.15) is 92.7 Å². The standard InChI is InChI=1S/C31H41NO4/c1-3-4-5-6-7-8-9-10-11-16-29(33)31-24(2)32(28-15-13-12-14-27(28)31)21-22-36-26-19-17-25(18-20-26)23-30(34)35/h12-15,17-20H,3-11,16,21-23H2,1-2H3,(H,34,35). The number of hydrogen-bond acceptors (Lipinski definition) is 3. The van der Waals surface area contributed by atoms with Gasteiger partial charge in [0.1, 0.15) is 12.4 Å². The molecular weight excluding hydrogens is 450 g/mol. The predicted octanol–water partition coefficient (Wildman–Crippen LogP) is 7.76. The zero-order valence-corrected chi connectivity index (χ0v) is 21.9. The number of fused-ring (bicyclic) bond motifs is 1. The first-order chi connectivity index (χ1) is 17.5. The Balaban J connectivity index is 1.54. The molecule has 1 heterocycles. The molecule has 0 aliphatic carbocycles. The Morgan fingerprint density at radius 2 is 1.50 bits per heavy atom. The first-order valence-corrected chi connectivity index (χ1v) is 13.6. The quantitative estimate of drug-likeness (QED) is 0.155. The van der Waals surface area contributed by atoms with E-state index < -0.39 is 5.97 Å².